The fraction of sp³-hybridized carbons (Fsp3) is 0.312. The third kappa shape index (κ3) is 4.85. The molecule has 5 nitrogen and oxygen atoms in total. The Balaban J connectivity index is 2.20. The molecule has 0 aliphatic heterocycles. The molecule has 7 heteroatoms. The molecule has 0 aliphatic rings. The maximum Gasteiger partial charge on any atom is 0.226 e. The maximum absolute atomic E-state index is 13.4. The summed E-state index contributed by atoms with van der Waals surface area (Å²) in [4.78, 5) is 27.3. The van der Waals surface area contributed by atoms with Gasteiger partial charge in [-0.1, -0.05) is 13.3 Å². The molecule has 0 saturated heterocycles. The number of unbranched alkanes of at least 4 members (excludes halogenated alkanes) is 1. The summed E-state index contributed by atoms with van der Waals surface area (Å²) in [5, 5.41) is 7.58. The van der Waals surface area contributed by atoms with Gasteiger partial charge in [-0.15, -0.1) is 11.3 Å². The molecule has 1 aromatic heterocycles. The minimum Gasteiger partial charge on any atom is -0.326 e. The monoisotopic (exact) mass is 335 g/mol. The Hall–Kier alpha value is -2.28. The van der Waals surface area contributed by atoms with Crippen LogP contribution in [0.3, 0.4) is 0 Å². The van der Waals surface area contributed by atoms with Gasteiger partial charge in [-0.2, -0.15) is 0 Å². The standard InChI is InChI=1S/C16H18FN3O2S/c1-3-4-5-15(22)20-16-19-14(9-23-16)12-7-6-11(17)8-13(12)18-10(2)21/h6-9H,3-5H2,1-2H3,(H,18,21)(H,19,20,22). The quantitative estimate of drug-likeness (QED) is 0.837. The molecule has 1 aromatic carbocycles. The molecule has 0 atom stereocenters. The fourth-order valence-electron chi connectivity index (χ4n) is 2.01. The van der Waals surface area contributed by atoms with Gasteiger partial charge >= 0.3 is 0 Å². The van der Waals surface area contributed by atoms with Crippen LogP contribution in [0.15, 0.2) is 23.6 Å². The number of nitrogens with one attached hydrogen (secondary N) is 2. The van der Waals surface area contributed by atoms with E-state index in [4.69, 9.17) is 0 Å². The molecule has 0 bridgehead atoms. The second-order valence-corrected chi connectivity index (χ2v) is 5.92. The first kappa shape index (κ1) is 17.1. The van der Waals surface area contributed by atoms with Crippen molar-refractivity contribution < 1.29 is 14.0 Å². The van der Waals surface area contributed by atoms with Crippen molar-refractivity contribution in [3.63, 3.8) is 0 Å². The number of hydrogen-bond donors (Lipinski definition) is 2. The second kappa shape index (κ2) is 7.82. The van der Waals surface area contributed by atoms with E-state index >= 15 is 0 Å². The van der Waals surface area contributed by atoms with Crippen molar-refractivity contribution in [1.82, 2.24) is 4.98 Å². The van der Waals surface area contributed by atoms with Crippen molar-refractivity contribution in [3.05, 3.63) is 29.4 Å². The molecule has 2 amide bonds. The average molecular weight is 335 g/mol. The number of amides is 2. The molecule has 2 rings (SSSR count). The molecular weight excluding hydrogens is 317 g/mol. The first-order chi connectivity index (χ1) is 11.0. The van der Waals surface area contributed by atoms with E-state index in [0.29, 0.717) is 28.5 Å². The Morgan fingerprint density at radius 2 is 2.09 bits per heavy atom. The van der Waals surface area contributed by atoms with Crippen LogP contribution in [0.5, 0.6) is 0 Å². The summed E-state index contributed by atoms with van der Waals surface area (Å²) in [6.07, 6.45) is 2.24. The van der Waals surface area contributed by atoms with Crippen LogP contribution >= 0.6 is 11.3 Å². The van der Waals surface area contributed by atoms with Gasteiger partial charge in [-0.25, -0.2) is 9.37 Å². The number of halogens is 1. The van der Waals surface area contributed by atoms with E-state index in [1.165, 1.54) is 30.4 Å². The van der Waals surface area contributed by atoms with E-state index in [-0.39, 0.29) is 11.8 Å². The molecule has 0 fully saturated rings. The summed E-state index contributed by atoms with van der Waals surface area (Å²) in [6.45, 7) is 3.38. The predicted octanol–water partition coefficient (Wildman–Crippen LogP) is 4.04. The second-order valence-electron chi connectivity index (χ2n) is 5.06. The molecule has 0 aliphatic carbocycles. The molecule has 0 radical (unpaired) electrons. The lowest BCUT2D eigenvalue weighted by Gasteiger charge is -2.08. The van der Waals surface area contributed by atoms with Gasteiger partial charge in [0.1, 0.15) is 5.82 Å². The summed E-state index contributed by atoms with van der Waals surface area (Å²) in [5.74, 6) is -0.810. The number of thiazole rings is 1. The minimum absolute atomic E-state index is 0.0751. The maximum atomic E-state index is 13.4. The summed E-state index contributed by atoms with van der Waals surface area (Å²) >= 11 is 1.29. The predicted molar refractivity (Wildman–Crippen MR) is 90.0 cm³/mol. The normalized spacial score (nSPS) is 10.4. The SMILES string of the molecule is CCCCC(=O)Nc1nc(-c2ccc(F)cc2NC(C)=O)cs1. The largest absolute Gasteiger partial charge is 0.326 e. The number of hydrogen-bond acceptors (Lipinski definition) is 4. The average Bonchev–Trinajstić information content (AvgIpc) is 2.92. The number of carbonyl (C=O) groups is 2. The van der Waals surface area contributed by atoms with Gasteiger partial charge < -0.3 is 10.6 Å². The Morgan fingerprint density at radius 3 is 2.78 bits per heavy atom. The van der Waals surface area contributed by atoms with E-state index < -0.39 is 5.82 Å². The first-order valence-electron chi connectivity index (χ1n) is 7.32. The summed E-state index contributed by atoms with van der Waals surface area (Å²) < 4.78 is 13.4. The van der Waals surface area contributed by atoms with Crippen molar-refractivity contribution in [2.45, 2.75) is 33.1 Å². The number of nitrogens with zero attached hydrogens (tertiary/aromatic N) is 1. The van der Waals surface area contributed by atoms with Crippen LogP contribution in [-0.4, -0.2) is 16.8 Å². The fourth-order valence-corrected chi connectivity index (χ4v) is 2.73. The van der Waals surface area contributed by atoms with Crippen LogP contribution in [0.1, 0.15) is 33.1 Å². The van der Waals surface area contributed by atoms with Gasteiger partial charge in [0.2, 0.25) is 11.8 Å². The van der Waals surface area contributed by atoms with Gasteiger partial charge in [0.15, 0.2) is 5.13 Å². The zero-order valence-corrected chi connectivity index (χ0v) is 13.8. The van der Waals surface area contributed by atoms with Crippen LogP contribution in [-0.2, 0) is 9.59 Å². The molecular formula is C16H18FN3O2S. The minimum atomic E-state index is -0.444. The molecule has 2 N–H and O–H groups in total. The van der Waals surface area contributed by atoms with Crippen molar-refractivity contribution in [2.75, 3.05) is 10.6 Å². The summed E-state index contributed by atoms with van der Waals surface area (Å²) in [7, 11) is 0. The van der Waals surface area contributed by atoms with Crippen molar-refractivity contribution >= 4 is 34.0 Å². The molecule has 23 heavy (non-hydrogen) atoms. The van der Waals surface area contributed by atoms with Gasteiger partial charge in [0.25, 0.3) is 0 Å². The first-order valence-corrected chi connectivity index (χ1v) is 8.20. The molecule has 0 unspecified atom stereocenters. The summed E-state index contributed by atoms with van der Waals surface area (Å²) in [5.41, 5.74) is 1.53. The lowest BCUT2D eigenvalue weighted by Crippen LogP contribution is -2.10. The van der Waals surface area contributed by atoms with Crippen LogP contribution < -0.4 is 10.6 Å². The van der Waals surface area contributed by atoms with E-state index in [1.807, 2.05) is 6.92 Å². The van der Waals surface area contributed by atoms with E-state index in [0.717, 1.165) is 12.8 Å². The highest BCUT2D eigenvalue weighted by atomic mass is 32.1. The van der Waals surface area contributed by atoms with Crippen LogP contribution in [0.2, 0.25) is 0 Å². The number of rotatable bonds is 6. The number of benzene rings is 1. The third-order valence-electron chi connectivity index (χ3n) is 3.08. The van der Waals surface area contributed by atoms with Gasteiger partial charge in [0, 0.05) is 24.3 Å². The van der Waals surface area contributed by atoms with Gasteiger partial charge in [-0.3, -0.25) is 9.59 Å². The number of anilines is 2. The number of carbonyl (C=O) groups excluding carboxylic acids is 2. The Labute approximate surface area is 137 Å². The zero-order valence-electron chi connectivity index (χ0n) is 13.0. The highest BCUT2D eigenvalue weighted by Crippen LogP contribution is 2.31. The van der Waals surface area contributed by atoms with Crippen LogP contribution in [0, 0.1) is 5.82 Å². The third-order valence-corrected chi connectivity index (χ3v) is 3.83. The Morgan fingerprint density at radius 1 is 1.30 bits per heavy atom. The van der Waals surface area contributed by atoms with Crippen molar-refractivity contribution in [3.8, 4) is 11.3 Å². The van der Waals surface area contributed by atoms with Crippen molar-refractivity contribution in [2.24, 2.45) is 0 Å². The van der Waals surface area contributed by atoms with E-state index in [9.17, 15) is 14.0 Å². The van der Waals surface area contributed by atoms with Crippen LogP contribution in [0.4, 0.5) is 15.2 Å². The lowest BCUT2D eigenvalue weighted by molar-refractivity contribution is -0.116. The zero-order chi connectivity index (χ0) is 16.8. The van der Waals surface area contributed by atoms with Crippen LogP contribution in [0.25, 0.3) is 11.3 Å². The van der Waals surface area contributed by atoms with E-state index in [1.54, 1.807) is 11.4 Å². The highest BCUT2D eigenvalue weighted by molar-refractivity contribution is 7.14. The molecule has 0 spiro atoms. The lowest BCUT2D eigenvalue weighted by atomic mass is 10.1. The van der Waals surface area contributed by atoms with Gasteiger partial charge in [0.05, 0.1) is 11.4 Å². The van der Waals surface area contributed by atoms with E-state index in [2.05, 4.69) is 15.6 Å². The Bertz CT molecular complexity index is 715. The highest BCUT2D eigenvalue weighted by Gasteiger charge is 2.12. The molecule has 1 heterocycles. The summed E-state index contributed by atoms with van der Waals surface area (Å²) in [6, 6.07) is 4.10. The topological polar surface area (TPSA) is 71.1 Å². The smallest absolute Gasteiger partial charge is 0.226 e. The van der Waals surface area contributed by atoms with Crippen molar-refractivity contribution in [1.29, 1.82) is 0 Å². The molecule has 2 aromatic rings. The number of aromatic nitrogens is 1. The molecule has 122 valence electrons. The molecule has 0 saturated carbocycles. The Kier molecular flexibility index (Phi) is 5.81. The van der Waals surface area contributed by atoms with Gasteiger partial charge in [-0.05, 0) is 24.6 Å².